The van der Waals surface area contributed by atoms with Crippen LogP contribution >= 0.6 is 11.6 Å². The van der Waals surface area contributed by atoms with E-state index in [2.05, 4.69) is 5.32 Å². The Bertz CT molecular complexity index is 447. The Morgan fingerprint density at radius 1 is 1.47 bits per heavy atom. The molecule has 1 fully saturated rings. The van der Waals surface area contributed by atoms with Crippen molar-refractivity contribution in [1.82, 2.24) is 5.32 Å². The molecule has 0 radical (unpaired) electrons. The van der Waals surface area contributed by atoms with Crippen molar-refractivity contribution in [1.29, 1.82) is 0 Å². The minimum absolute atomic E-state index is 0.0352. The lowest BCUT2D eigenvalue weighted by molar-refractivity contribution is 0.174. The molecule has 2 aliphatic heterocycles. The van der Waals surface area contributed by atoms with Crippen molar-refractivity contribution in [3.63, 3.8) is 0 Å². The van der Waals surface area contributed by atoms with Gasteiger partial charge in [0.1, 0.15) is 10.8 Å². The summed E-state index contributed by atoms with van der Waals surface area (Å²) in [7, 11) is 0. The Labute approximate surface area is 104 Å². The van der Waals surface area contributed by atoms with Gasteiger partial charge in [0.05, 0.1) is 0 Å². The van der Waals surface area contributed by atoms with Crippen LogP contribution in [0.1, 0.15) is 18.4 Å². The third-order valence-electron chi connectivity index (χ3n) is 3.25. The predicted octanol–water partition coefficient (Wildman–Crippen LogP) is 2.50. The molecular formula is C12H13ClFNO2. The molecule has 0 amide bonds. The Morgan fingerprint density at radius 2 is 2.35 bits per heavy atom. The smallest absolute Gasteiger partial charge is 0.231 e. The van der Waals surface area contributed by atoms with Crippen LogP contribution in [0.2, 0.25) is 5.02 Å². The predicted molar refractivity (Wildman–Crippen MR) is 62.3 cm³/mol. The monoisotopic (exact) mass is 257 g/mol. The Hall–Kier alpha value is -1.00. The minimum Gasteiger partial charge on any atom is -0.454 e. The lowest BCUT2D eigenvalue weighted by Crippen LogP contribution is -2.24. The first-order valence-corrected chi connectivity index (χ1v) is 6.13. The fourth-order valence-corrected chi connectivity index (χ4v) is 2.64. The van der Waals surface area contributed by atoms with E-state index >= 15 is 0 Å². The first-order chi connectivity index (χ1) is 8.25. The Morgan fingerprint density at radius 3 is 3.12 bits per heavy atom. The topological polar surface area (TPSA) is 30.5 Å². The van der Waals surface area contributed by atoms with Gasteiger partial charge in [-0.25, -0.2) is 4.39 Å². The number of benzene rings is 1. The molecule has 3 rings (SSSR count). The van der Waals surface area contributed by atoms with Gasteiger partial charge in [0.15, 0.2) is 11.5 Å². The van der Waals surface area contributed by atoms with Crippen molar-refractivity contribution < 1.29 is 13.9 Å². The van der Waals surface area contributed by atoms with Gasteiger partial charge in [-0.05, 0) is 37.4 Å². The van der Waals surface area contributed by atoms with Gasteiger partial charge in [0, 0.05) is 6.04 Å². The summed E-state index contributed by atoms with van der Waals surface area (Å²) < 4.78 is 24.4. The van der Waals surface area contributed by atoms with E-state index in [0.29, 0.717) is 29.5 Å². The molecule has 5 heteroatoms. The molecule has 17 heavy (non-hydrogen) atoms. The SMILES string of the molecule is Fc1c(CC2CCCN2)cc2c(c1Cl)OCO2. The maximum atomic E-state index is 14.0. The molecule has 1 atom stereocenters. The average molecular weight is 258 g/mol. The van der Waals surface area contributed by atoms with Crippen LogP contribution in [0.5, 0.6) is 11.5 Å². The lowest BCUT2D eigenvalue weighted by atomic mass is 10.0. The van der Waals surface area contributed by atoms with Gasteiger partial charge in [-0.1, -0.05) is 11.6 Å². The summed E-state index contributed by atoms with van der Waals surface area (Å²) in [6.45, 7) is 1.12. The van der Waals surface area contributed by atoms with E-state index in [9.17, 15) is 4.39 Å². The van der Waals surface area contributed by atoms with E-state index in [1.165, 1.54) is 0 Å². The average Bonchev–Trinajstić information content (AvgIpc) is 2.96. The van der Waals surface area contributed by atoms with Gasteiger partial charge in [0.2, 0.25) is 6.79 Å². The van der Waals surface area contributed by atoms with E-state index in [4.69, 9.17) is 21.1 Å². The maximum Gasteiger partial charge on any atom is 0.231 e. The van der Waals surface area contributed by atoms with Crippen LogP contribution in [-0.4, -0.2) is 19.4 Å². The maximum absolute atomic E-state index is 14.0. The molecular weight excluding hydrogens is 245 g/mol. The Balaban J connectivity index is 1.91. The number of hydrogen-bond acceptors (Lipinski definition) is 3. The number of ether oxygens (including phenoxy) is 2. The molecule has 0 spiro atoms. The zero-order valence-electron chi connectivity index (χ0n) is 9.26. The minimum atomic E-state index is -0.385. The molecule has 1 saturated heterocycles. The summed E-state index contributed by atoms with van der Waals surface area (Å²) in [6.07, 6.45) is 2.86. The summed E-state index contributed by atoms with van der Waals surface area (Å²) in [6, 6.07) is 2.03. The van der Waals surface area contributed by atoms with Crippen LogP contribution in [0.4, 0.5) is 4.39 Å². The van der Waals surface area contributed by atoms with E-state index < -0.39 is 0 Å². The van der Waals surface area contributed by atoms with E-state index in [1.54, 1.807) is 6.07 Å². The van der Waals surface area contributed by atoms with Crippen LogP contribution in [0, 0.1) is 5.82 Å². The largest absolute Gasteiger partial charge is 0.454 e. The molecule has 1 aromatic carbocycles. The molecule has 0 bridgehead atoms. The fraction of sp³-hybridized carbons (Fsp3) is 0.500. The van der Waals surface area contributed by atoms with Crippen molar-refractivity contribution in [3.05, 3.63) is 22.5 Å². The molecule has 1 N–H and O–H groups in total. The molecule has 3 nitrogen and oxygen atoms in total. The van der Waals surface area contributed by atoms with Gasteiger partial charge in [-0.3, -0.25) is 0 Å². The van der Waals surface area contributed by atoms with Gasteiger partial charge in [0.25, 0.3) is 0 Å². The first kappa shape index (κ1) is 11.1. The molecule has 1 unspecified atom stereocenters. The van der Waals surface area contributed by atoms with E-state index in [1.807, 2.05) is 0 Å². The third kappa shape index (κ3) is 1.96. The van der Waals surface area contributed by atoms with Crippen molar-refractivity contribution in [2.75, 3.05) is 13.3 Å². The molecule has 0 aromatic heterocycles. The van der Waals surface area contributed by atoms with Gasteiger partial charge in [-0.2, -0.15) is 0 Å². The summed E-state index contributed by atoms with van der Waals surface area (Å²) in [5.74, 6) is 0.487. The van der Waals surface area contributed by atoms with Crippen LogP contribution in [0.15, 0.2) is 6.07 Å². The number of fused-ring (bicyclic) bond motifs is 1. The number of rotatable bonds is 2. The van der Waals surface area contributed by atoms with Gasteiger partial charge < -0.3 is 14.8 Å². The zero-order valence-corrected chi connectivity index (χ0v) is 10.0. The standard InChI is InChI=1S/C12H13ClFNO2/c13-10-11(14)7(4-8-2-1-3-15-8)5-9-12(10)17-6-16-9/h5,8,15H,1-4,6H2. The Kier molecular flexibility index (Phi) is 2.84. The number of halogens is 2. The van der Waals surface area contributed by atoms with Crippen molar-refractivity contribution >= 4 is 11.6 Å². The quantitative estimate of drug-likeness (QED) is 0.883. The zero-order chi connectivity index (χ0) is 11.8. The van der Waals surface area contributed by atoms with Gasteiger partial charge >= 0.3 is 0 Å². The highest BCUT2D eigenvalue weighted by Crippen LogP contribution is 2.42. The van der Waals surface area contributed by atoms with Crippen LogP contribution in [0.25, 0.3) is 0 Å². The second-order valence-electron chi connectivity index (χ2n) is 4.39. The van der Waals surface area contributed by atoms with Crippen molar-refractivity contribution in [2.45, 2.75) is 25.3 Å². The van der Waals surface area contributed by atoms with Crippen molar-refractivity contribution in [3.8, 4) is 11.5 Å². The molecule has 0 saturated carbocycles. The second-order valence-corrected chi connectivity index (χ2v) is 4.77. The lowest BCUT2D eigenvalue weighted by Gasteiger charge is -2.12. The number of hydrogen-bond donors (Lipinski definition) is 1. The second kappa shape index (κ2) is 4.35. The summed E-state index contributed by atoms with van der Waals surface area (Å²) in [4.78, 5) is 0. The van der Waals surface area contributed by atoms with Gasteiger partial charge in [-0.15, -0.1) is 0 Å². The highest BCUT2D eigenvalue weighted by molar-refractivity contribution is 6.32. The number of nitrogens with one attached hydrogen (secondary N) is 1. The molecule has 2 heterocycles. The highest BCUT2D eigenvalue weighted by atomic mass is 35.5. The van der Waals surface area contributed by atoms with E-state index in [0.717, 1.165) is 19.4 Å². The summed E-state index contributed by atoms with van der Waals surface area (Å²) in [5.41, 5.74) is 0.596. The highest BCUT2D eigenvalue weighted by Gasteiger charge is 2.25. The fourth-order valence-electron chi connectivity index (χ4n) is 2.37. The third-order valence-corrected chi connectivity index (χ3v) is 3.59. The molecule has 92 valence electrons. The van der Waals surface area contributed by atoms with Crippen LogP contribution in [-0.2, 0) is 6.42 Å². The van der Waals surface area contributed by atoms with Crippen LogP contribution in [0.3, 0.4) is 0 Å². The summed E-state index contributed by atoms with van der Waals surface area (Å²) in [5, 5.41) is 3.37. The van der Waals surface area contributed by atoms with Crippen molar-refractivity contribution in [2.24, 2.45) is 0 Å². The molecule has 2 aliphatic rings. The molecule has 0 aliphatic carbocycles. The van der Waals surface area contributed by atoms with Crippen LogP contribution < -0.4 is 14.8 Å². The normalized spacial score (nSPS) is 22.1. The molecule has 1 aromatic rings. The summed E-state index contributed by atoms with van der Waals surface area (Å²) >= 11 is 5.93. The first-order valence-electron chi connectivity index (χ1n) is 5.75. The van der Waals surface area contributed by atoms with E-state index in [-0.39, 0.29) is 17.6 Å².